The van der Waals surface area contributed by atoms with Crippen molar-refractivity contribution in [3.05, 3.63) is 27.8 Å². The Labute approximate surface area is 97.6 Å². The van der Waals surface area contributed by atoms with Crippen LogP contribution in [0.5, 0.6) is 0 Å². The summed E-state index contributed by atoms with van der Waals surface area (Å²) in [5.41, 5.74) is 1.02. The maximum absolute atomic E-state index is 9.39. The molecule has 0 radical (unpaired) electrons. The minimum absolute atomic E-state index is 0.358. The normalized spacial score (nSPS) is 12.5. The van der Waals surface area contributed by atoms with Crippen molar-refractivity contribution in [2.45, 2.75) is 6.10 Å². The van der Waals surface area contributed by atoms with E-state index in [4.69, 9.17) is 4.74 Å². The van der Waals surface area contributed by atoms with E-state index >= 15 is 0 Å². The van der Waals surface area contributed by atoms with Gasteiger partial charge in [-0.05, 0) is 40.8 Å². The monoisotopic (exact) mass is 307 g/mol. The predicted molar refractivity (Wildman–Crippen MR) is 65.5 cm³/mol. The third-order valence-electron chi connectivity index (χ3n) is 1.73. The van der Waals surface area contributed by atoms with Gasteiger partial charge < -0.3 is 15.2 Å². The van der Waals surface area contributed by atoms with E-state index in [9.17, 15) is 5.11 Å². The Morgan fingerprint density at radius 1 is 1.57 bits per heavy atom. The van der Waals surface area contributed by atoms with E-state index in [0.717, 1.165) is 5.69 Å². The lowest BCUT2D eigenvalue weighted by Crippen LogP contribution is -2.24. The second kappa shape index (κ2) is 6.21. The molecule has 0 aromatic heterocycles. The highest BCUT2D eigenvalue weighted by Crippen LogP contribution is 2.12. The number of nitrogens with one attached hydrogen (secondary N) is 1. The summed E-state index contributed by atoms with van der Waals surface area (Å²) in [7, 11) is 1.58. The molecule has 0 fully saturated rings. The largest absolute Gasteiger partial charge is 0.389 e. The highest BCUT2D eigenvalue weighted by molar-refractivity contribution is 14.1. The Bertz CT molecular complexity index is 281. The summed E-state index contributed by atoms with van der Waals surface area (Å²) < 4.78 is 6.00. The predicted octanol–water partition coefficient (Wildman–Crippen LogP) is 1.71. The molecule has 0 aliphatic carbocycles. The fourth-order valence-corrected chi connectivity index (χ4v) is 1.63. The average molecular weight is 307 g/mol. The van der Waals surface area contributed by atoms with Crippen LogP contribution < -0.4 is 5.32 Å². The molecular formula is C10H14INO2. The van der Waals surface area contributed by atoms with E-state index in [1.165, 1.54) is 3.57 Å². The molecule has 1 rings (SSSR count). The van der Waals surface area contributed by atoms with Crippen LogP contribution in [0.3, 0.4) is 0 Å². The van der Waals surface area contributed by atoms with Crippen molar-refractivity contribution in [2.24, 2.45) is 0 Å². The van der Waals surface area contributed by atoms with Crippen molar-refractivity contribution in [3.8, 4) is 0 Å². The van der Waals surface area contributed by atoms with Crippen LogP contribution in [0.15, 0.2) is 24.3 Å². The standard InChI is InChI=1S/C10H14INO2/c1-14-7-10(13)6-12-9-4-2-3-8(11)5-9/h2-5,10,12-13H,6-7H2,1H3. The van der Waals surface area contributed by atoms with E-state index in [-0.39, 0.29) is 0 Å². The van der Waals surface area contributed by atoms with Crippen molar-refractivity contribution < 1.29 is 9.84 Å². The summed E-state index contributed by atoms with van der Waals surface area (Å²) in [6.45, 7) is 0.866. The van der Waals surface area contributed by atoms with Crippen molar-refractivity contribution in [3.63, 3.8) is 0 Å². The van der Waals surface area contributed by atoms with Crippen molar-refractivity contribution in [1.82, 2.24) is 0 Å². The van der Waals surface area contributed by atoms with E-state index in [1.54, 1.807) is 7.11 Å². The van der Waals surface area contributed by atoms with Crippen LogP contribution in [0, 0.1) is 3.57 Å². The molecule has 0 amide bonds. The smallest absolute Gasteiger partial charge is 0.0945 e. The highest BCUT2D eigenvalue weighted by Gasteiger charge is 2.02. The minimum atomic E-state index is -0.460. The van der Waals surface area contributed by atoms with Gasteiger partial charge >= 0.3 is 0 Å². The average Bonchev–Trinajstić information content (AvgIpc) is 2.15. The molecule has 0 aliphatic heterocycles. The number of rotatable bonds is 5. The SMILES string of the molecule is COCC(O)CNc1cccc(I)c1. The Morgan fingerprint density at radius 2 is 2.36 bits per heavy atom. The van der Waals surface area contributed by atoms with Crippen LogP contribution in [-0.2, 0) is 4.74 Å². The molecule has 3 nitrogen and oxygen atoms in total. The van der Waals surface area contributed by atoms with Gasteiger partial charge in [0.1, 0.15) is 0 Å². The Morgan fingerprint density at radius 3 is 3.00 bits per heavy atom. The molecule has 0 spiro atoms. The number of hydrogen-bond donors (Lipinski definition) is 2. The molecule has 1 aromatic rings. The Kier molecular flexibility index (Phi) is 5.21. The van der Waals surface area contributed by atoms with Gasteiger partial charge in [-0.25, -0.2) is 0 Å². The zero-order valence-corrected chi connectivity index (χ0v) is 10.2. The molecule has 1 aromatic carbocycles. The summed E-state index contributed by atoms with van der Waals surface area (Å²) >= 11 is 2.25. The number of ether oxygens (including phenoxy) is 1. The first-order valence-electron chi connectivity index (χ1n) is 4.39. The molecule has 2 N–H and O–H groups in total. The fraction of sp³-hybridized carbons (Fsp3) is 0.400. The first-order chi connectivity index (χ1) is 6.72. The van der Waals surface area contributed by atoms with Gasteiger partial charge in [-0.2, -0.15) is 0 Å². The van der Waals surface area contributed by atoms with Crippen molar-refractivity contribution >= 4 is 28.3 Å². The van der Waals surface area contributed by atoms with Crippen LogP contribution in [0.25, 0.3) is 0 Å². The quantitative estimate of drug-likeness (QED) is 0.814. The van der Waals surface area contributed by atoms with E-state index in [2.05, 4.69) is 27.9 Å². The van der Waals surface area contributed by atoms with Gasteiger partial charge in [-0.1, -0.05) is 6.07 Å². The molecule has 78 valence electrons. The van der Waals surface area contributed by atoms with Crippen molar-refractivity contribution in [2.75, 3.05) is 25.6 Å². The summed E-state index contributed by atoms with van der Waals surface area (Å²) in [5.74, 6) is 0. The van der Waals surface area contributed by atoms with E-state index in [0.29, 0.717) is 13.2 Å². The highest BCUT2D eigenvalue weighted by atomic mass is 127. The number of aliphatic hydroxyl groups excluding tert-OH is 1. The third kappa shape index (κ3) is 4.26. The van der Waals surface area contributed by atoms with Gasteiger partial charge in [0.05, 0.1) is 12.7 Å². The van der Waals surface area contributed by atoms with Crippen molar-refractivity contribution in [1.29, 1.82) is 0 Å². The van der Waals surface area contributed by atoms with E-state index < -0.39 is 6.10 Å². The zero-order valence-electron chi connectivity index (χ0n) is 8.03. The number of anilines is 1. The van der Waals surface area contributed by atoms with Crippen LogP contribution in [-0.4, -0.2) is 31.5 Å². The second-order valence-electron chi connectivity index (χ2n) is 3.00. The number of methoxy groups -OCH3 is 1. The van der Waals surface area contributed by atoms with Crippen LogP contribution in [0.4, 0.5) is 5.69 Å². The Balaban J connectivity index is 2.37. The summed E-state index contributed by atoms with van der Waals surface area (Å²) in [5, 5.41) is 12.5. The van der Waals surface area contributed by atoms with Gasteiger partial charge in [0.2, 0.25) is 0 Å². The lowest BCUT2D eigenvalue weighted by molar-refractivity contribution is 0.0727. The summed E-state index contributed by atoms with van der Waals surface area (Å²) in [6.07, 6.45) is -0.460. The number of hydrogen-bond acceptors (Lipinski definition) is 3. The van der Waals surface area contributed by atoms with Gasteiger partial charge in [-0.3, -0.25) is 0 Å². The number of aliphatic hydroxyl groups is 1. The third-order valence-corrected chi connectivity index (χ3v) is 2.40. The van der Waals surface area contributed by atoms with Crippen LogP contribution >= 0.6 is 22.6 Å². The second-order valence-corrected chi connectivity index (χ2v) is 4.25. The maximum atomic E-state index is 9.39. The summed E-state index contributed by atoms with van der Waals surface area (Å²) in [6, 6.07) is 8.01. The maximum Gasteiger partial charge on any atom is 0.0945 e. The molecule has 0 heterocycles. The minimum Gasteiger partial charge on any atom is -0.389 e. The molecule has 14 heavy (non-hydrogen) atoms. The number of halogens is 1. The first-order valence-corrected chi connectivity index (χ1v) is 5.46. The van der Waals surface area contributed by atoms with Gasteiger partial charge in [0, 0.05) is 22.9 Å². The number of benzene rings is 1. The topological polar surface area (TPSA) is 41.5 Å². The molecule has 0 bridgehead atoms. The molecular weight excluding hydrogens is 293 g/mol. The molecule has 1 atom stereocenters. The molecule has 0 aliphatic rings. The summed E-state index contributed by atoms with van der Waals surface area (Å²) in [4.78, 5) is 0. The van der Waals surface area contributed by atoms with Gasteiger partial charge in [-0.15, -0.1) is 0 Å². The van der Waals surface area contributed by atoms with Crippen LogP contribution in [0.2, 0.25) is 0 Å². The van der Waals surface area contributed by atoms with Gasteiger partial charge in [0.15, 0.2) is 0 Å². The van der Waals surface area contributed by atoms with E-state index in [1.807, 2.05) is 24.3 Å². The van der Waals surface area contributed by atoms with Crippen LogP contribution in [0.1, 0.15) is 0 Å². The fourth-order valence-electron chi connectivity index (χ4n) is 1.09. The first kappa shape index (κ1) is 11.7. The van der Waals surface area contributed by atoms with Gasteiger partial charge in [0.25, 0.3) is 0 Å². The molecule has 4 heteroatoms. The molecule has 1 unspecified atom stereocenters. The molecule has 0 saturated carbocycles. The Hall–Kier alpha value is -0.330. The lowest BCUT2D eigenvalue weighted by Gasteiger charge is -2.11. The zero-order chi connectivity index (χ0) is 10.4. The molecule has 0 saturated heterocycles. The lowest BCUT2D eigenvalue weighted by atomic mass is 10.3.